The molecule has 2 aliphatic rings. The highest BCUT2D eigenvalue weighted by molar-refractivity contribution is 7.00. The van der Waals surface area contributed by atoms with Gasteiger partial charge in [-0.2, -0.15) is 8.75 Å². The lowest BCUT2D eigenvalue weighted by Gasteiger charge is -2.37. The van der Waals surface area contributed by atoms with Crippen LogP contribution < -0.4 is 5.32 Å². The molecule has 0 atom stereocenters. The van der Waals surface area contributed by atoms with E-state index in [9.17, 15) is 9.59 Å². The minimum atomic E-state index is -0.447. The van der Waals surface area contributed by atoms with Crippen LogP contribution in [0.25, 0.3) is 11.0 Å². The number of nitrogens with zero attached hydrogens (tertiary/aromatic N) is 4. The van der Waals surface area contributed by atoms with Gasteiger partial charge in [0.15, 0.2) is 0 Å². The number of benzene rings is 1. The summed E-state index contributed by atoms with van der Waals surface area (Å²) in [5.41, 5.74) is 2.72. The number of carbonyl (C=O) groups is 2. The van der Waals surface area contributed by atoms with Crippen molar-refractivity contribution in [3.8, 4) is 0 Å². The van der Waals surface area contributed by atoms with Crippen LogP contribution in [0.3, 0.4) is 0 Å². The second-order valence-electron chi connectivity index (χ2n) is 6.71. The summed E-state index contributed by atoms with van der Waals surface area (Å²) in [5.74, 6) is 0. The third kappa shape index (κ3) is 2.78. The summed E-state index contributed by atoms with van der Waals surface area (Å²) in [6.07, 6.45) is 1.02. The molecule has 1 spiro atoms. The van der Waals surface area contributed by atoms with Crippen LogP contribution in [0.1, 0.15) is 18.4 Å². The van der Waals surface area contributed by atoms with Crippen LogP contribution in [0.2, 0.25) is 0 Å². The van der Waals surface area contributed by atoms with E-state index >= 15 is 0 Å². The van der Waals surface area contributed by atoms with Gasteiger partial charge < -0.3 is 19.9 Å². The summed E-state index contributed by atoms with van der Waals surface area (Å²) < 4.78 is 14.0. The number of rotatable bonds is 1. The highest BCUT2D eigenvalue weighted by Crippen LogP contribution is 2.33. The summed E-state index contributed by atoms with van der Waals surface area (Å²) in [5, 5.41) is 2.98. The Morgan fingerprint density at radius 1 is 1.32 bits per heavy atom. The van der Waals surface area contributed by atoms with Crippen molar-refractivity contribution in [3.63, 3.8) is 0 Å². The quantitative estimate of drug-likeness (QED) is 0.843. The molecule has 0 aliphatic carbocycles. The van der Waals surface area contributed by atoms with Gasteiger partial charge >= 0.3 is 12.1 Å². The van der Waals surface area contributed by atoms with Crippen LogP contribution in [-0.2, 0) is 4.74 Å². The third-order valence-corrected chi connectivity index (χ3v) is 5.51. The number of anilines is 1. The zero-order valence-corrected chi connectivity index (χ0v) is 14.9. The molecule has 2 saturated heterocycles. The van der Waals surface area contributed by atoms with Gasteiger partial charge in [-0.3, -0.25) is 0 Å². The van der Waals surface area contributed by atoms with Crippen molar-refractivity contribution in [3.05, 3.63) is 17.7 Å². The molecule has 0 unspecified atom stereocenters. The molecule has 9 heteroatoms. The van der Waals surface area contributed by atoms with E-state index in [1.54, 1.807) is 16.8 Å². The van der Waals surface area contributed by atoms with Crippen molar-refractivity contribution in [2.75, 3.05) is 32.0 Å². The number of hydrogen-bond acceptors (Lipinski definition) is 6. The second kappa shape index (κ2) is 5.83. The van der Waals surface area contributed by atoms with Gasteiger partial charge in [0.1, 0.15) is 16.6 Å². The summed E-state index contributed by atoms with van der Waals surface area (Å²) in [7, 11) is 1.74. The molecule has 3 amide bonds. The predicted octanol–water partition coefficient (Wildman–Crippen LogP) is 2.45. The summed E-state index contributed by atoms with van der Waals surface area (Å²) in [6, 6.07) is 3.67. The molecule has 1 aromatic carbocycles. The number of likely N-dealkylation sites (tertiary alicyclic amines) is 1. The lowest BCUT2D eigenvalue weighted by atomic mass is 9.91. The zero-order valence-electron chi connectivity index (χ0n) is 14.1. The lowest BCUT2D eigenvalue weighted by molar-refractivity contribution is 0.0109. The Bertz CT molecular complexity index is 843. The minimum Gasteiger partial charge on any atom is -0.441 e. The number of fused-ring (bicyclic) bond motifs is 1. The molecule has 2 fully saturated rings. The van der Waals surface area contributed by atoms with Crippen molar-refractivity contribution in [2.45, 2.75) is 25.4 Å². The fourth-order valence-corrected chi connectivity index (χ4v) is 4.01. The van der Waals surface area contributed by atoms with E-state index in [1.165, 1.54) is 0 Å². The van der Waals surface area contributed by atoms with Gasteiger partial charge in [0.05, 0.1) is 24.0 Å². The second-order valence-corrected chi connectivity index (χ2v) is 7.24. The maximum Gasteiger partial charge on any atom is 0.410 e. The molecule has 1 N–H and O–H groups in total. The van der Waals surface area contributed by atoms with E-state index in [2.05, 4.69) is 14.1 Å². The van der Waals surface area contributed by atoms with Gasteiger partial charge in [-0.15, -0.1) is 0 Å². The summed E-state index contributed by atoms with van der Waals surface area (Å²) in [6.45, 7) is 3.63. The first-order valence-electron chi connectivity index (χ1n) is 8.19. The first kappa shape index (κ1) is 16.1. The van der Waals surface area contributed by atoms with Gasteiger partial charge in [0, 0.05) is 33.0 Å². The van der Waals surface area contributed by atoms with Crippen molar-refractivity contribution < 1.29 is 14.3 Å². The topological polar surface area (TPSA) is 87.7 Å². The summed E-state index contributed by atoms with van der Waals surface area (Å²) >= 11 is 1.13. The first-order chi connectivity index (χ1) is 12.0. The molecule has 4 rings (SSSR count). The fraction of sp³-hybridized carbons (Fsp3) is 0.500. The van der Waals surface area contributed by atoms with Gasteiger partial charge in [-0.25, -0.2) is 9.59 Å². The van der Waals surface area contributed by atoms with Crippen molar-refractivity contribution in [1.82, 2.24) is 18.5 Å². The average Bonchev–Trinajstić information content (AvgIpc) is 3.16. The highest BCUT2D eigenvalue weighted by atomic mass is 32.1. The van der Waals surface area contributed by atoms with E-state index in [4.69, 9.17) is 4.74 Å². The molecule has 3 heterocycles. The van der Waals surface area contributed by atoms with Gasteiger partial charge in [0.2, 0.25) is 0 Å². The van der Waals surface area contributed by atoms with E-state index in [0.717, 1.165) is 28.3 Å². The minimum absolute atomic E-state index is 0.156. The highest BCUT2D eigenvalue weighted by Gasteiger charge is 2.46. The third-order valence-electron chi connectivity index (χ3n) is 4.97. The van der Waals surface area contributed by atoms with Crippen LogP contribution in [-0.4, -0.2) is 63.0 Å². The van der Waals surface area contributed by atoms with Gasteiger partial charge in [0.25, 0.3) is 0 Å². The number of nitrogens with one attached hydrogen (secondary N) is 1. The monoisotopic (exact) mass is 361 g/mol. The lowest BCUT2D eigenvalue weighted by Crippen LogP contribution is -2.49. The largest absolute Gasteiger partial charge is 0.441 e. The van der Waals surface area contributed by atoms with E-state index in [0.29, 0.717) is 38.2 Å². The predicted molar refractivity (Wildman–Crippen MR) is 93.8 cm³/mol. The van der Waals surface area contributed by atoms with Crippen molar-refractivity contribution >= 4 is 40.6 Å². The Morgan fingerprint density at radius 2 is 2.08 bits per heavy atom. The number of carbonyl (C=O) groups excluding carboxylic acids is 2. The number of likely N-dealkylation sites (N-methyl/N-ethyl adjacent to an activating group) is 1. The number of aromatic nitrogens is 2. The average molecular weight is 361 g/mol. The number of amides is 3. The number of piperidine rings is 1. The number of hydrogen-bond donors (Lipinski definition) is 1. The molecular weight excluding hydrogens is 342 g/mol. The fourth-order valence-electron chi connectivity index (χ4n) is 3.47. The molecule has 0 saturated carbocycles. The van der Waals surface area contributed by atoms with Crippen LogP contribution in [0.4, 0.5) is 15.3 Å². The molecule has 1 aromatic heterocycles. The van der Waals surface area contributed by atoms with E-state index in [1.807, 2.05) is 19.1 Å². The Balaban J connectivity index is 1.45. The smallest absolute Gasteiger partial charge is 0.410 e. The molecule has 0 radical (unpaired) electrons. The molecule has 2 aliphatic heterocycles. The van der Waals surface area contributed by atoms with Crippen molar-refractivity contribution in [2.24, 2.45) is 0 Å². The maximum absolute atomic E-state index is 12.7. The first-order valence-corrected chi connectivity index (χ1v) is 8.92. The standard InChI is InChI=1S/C16H19N5O3S/c1-10-3-4-11-13(19-25-18-11)12(10)17-14(22)21-7-5-16(6-8-21)9-20(2)15(23)24-16/h3-4H,5-9H2,1-2H3,(H,17,22). The molecule has 132 valence electrons. The number of aryl methyl sites for hydroxylation is 1. The maximum atomic E-state index is 12.7. The molecule has 2 aromatic rings. The zero-order chi connectivity index (χ0) is 17.6. The van der Waals surface area contributed by atoms with Crippen LogP contribution in [0.15, 0.2) is 12.1 Å². The Labute approximate surface area is 149 Å². The number of ether oxygens (including phenoxy) is 1. The van der Waals surface area contributed by atoms with E-state index < -0.39 is 5.60 Å². The van der Waals surface area contributed by atoms with Crippen LogP contribution >= 0.6 is 11.7 Å². The van der Waals surface area contributed by atoms with E-state index in [-0.39, 0.29) is 12.1 Å². The van der Waals surface area contributed by atoms with Crippen LogP contribution in [0, 0.1) is 6.92 Å². The van der Waals surface area contributed by atoms with Gasteiger partial charge in [-0.1, -0.05) is 6.07 Å². The Morgan fingerprint density at radius 3 is 2.76 bits per heavy atom. The Kier molecular flexibility index (Phi) is 3.75. The SMILES string of the molecule is Cc1ccc2nsnc2c1NC(=O)N1CCC2(CC1)CN(C)C(=O)O2. The molecule has 8 nitrogen and oxygen atoms in total. The Hall–Kier alpha value is -2.42. The number of urea groups is 1. The van der Waals surface area contributed by atoms with Crippen molar-refractivity contribution in [1.29, 1.82) is 0 Å². The summed E-state index contributed by atoms with van der Waals surface area (Å²) in [4.78, 5) is 27.7. The molecule has 0 bridgehead atoms. The van der Waals surface area contributed by atoms with Crippen LogP contribution in [0.5, 0.6) is 0 Å². The molecular formula is C16H19N5O3S. The normalized spacial score (nSPS) is 19.5. The van der Waals surface area contributed by atoms with Gasteiger partial charge in [-0.05, 0) is 18.6 Å². The molecule has 25 heavy (non-hydrogen) atoms.